The molecule has 108 valence electrons. The second kappa shape index (κ2) is 6.45. The molecule has 0 fully saturated rings. The lowest BCUT2D eigenvalue weighted by Crippen LogP contribution is -2.23. The molecule has 0 spiro atoms. The number of rotatable bonds is 5. The van der Waals surface area contributed by atoms with Crippen LogP contribution in [0.4, 0.5) is 0 Å². The molecule has 0 heterocycles. The van der Waals surface area contributed by atoms with E-state index in [1.54, 1.807) is 0 Å². The molecule has 0 aliphatic carbocycles. The summed E-state index contributed by atoms with van der Waals surface area (Å²) >= 11 is 0. The van der Waals surface area contributed by atoms with Crippen molar-refractivity contribution in [2.45, 2.75) is 66.4 Å². The molecule has 0 bridgehead atoms. The van der Waals surface area contributed by atoms with Gasteiger partial charge in [0.2, 0.25) is 0 Å². The maximum Gasteiger partial charge on any atom is 0.120 e. The van der Waals surface area contributed by atoms with Gasteiger partial charge < -0.3 is 4.74 Å². The van der Waals surface area contributed by atoms with E-state index < -0.39 is 0 Å². The van der Waals surface area contributed by atoms with Gasteiger partial charge in [-0.1, -0.05) is 39.8 Å². The van der Waals surface area contributed by atoms with E-state index in [-0.39, 0.29) is 5.60 Å². The second-order valence-electron chi connectivity index (χ2n) is 7.27. The Kier molecular flexibility index (Phi) is 5.46. The summed E-state index contributed by atoms with van der Waals surface area (Å²) < 4.78 is 5.98. The van der Waals surface area contributed by atoms with Crippen molar-refractivity contribution >= 4 is 0 Å². The van der Waals surface area contributed by atoms with E-state index in [1.807, 2.05) is 0 Å². The molecule has 1 heteroatoms. The Bertz CT molecular complexity index is 385. The number of hydrogen-bond acceptors (Lipinski definition) is 1. The SMILES string of the molecule is CC(C)CC(c1cccc(OC(C)(C)C)c1)C(C)C. The average Bonchev–Trinajstić information content (AvgIpc) is 2.23. The van der Waals surface area contributed by atoms with Gasteiger partial charge in [0.1, 0.15) is 11.4 Å². The molecule has 0 radical (unpaired) electrons. The first-order valence-corrected chi connectivity index (χ1v) is 7.48. The van der Waals surface area contributed by atoms with Crippen LogP contribution in [0.2, 0.25) is 0 Å². The summed E-state index contributed by atoms with van der Waals surface area (Å²) in [6, 6.07) is 8.63. The predicted molar refractivity (Wildman–Crippen MR) is 83.9 cm³/mol. The van der Waals surface area contributed by atoms with E-state index in [4.69, 9.17) is 4.74 Å². The van der Waals surface area contributed by atoms with Gasteiger partial charge in [0, 0.05) is 0 Å². The van der Waals surface area contributed by atoms with Crippen molar-refractivity contribution < 1.29 is 4.74 Å². The van der Waals surface area contributed by atoms with Gasteiger partial charge in [0.15, 0.2) is 0 Å². The van der Waals surface area contributed by atoms with Crippen molar-refractivity contribution in [2.24, 2.45) is 11.8 Å². The van der Waals surface area contributed by atoms with Gasteiger partial charge in [0.05, 0.1) is 0 Å². The fourth-order valence-corrected chi connectivity index (χ4v) is 2.46. The van der Waals surface area contributed by atoms with Gasteiger partial charge in [-0.15, -0.1) is 0 Å². The summed E-state index contributed by atoms with van der Waals surface area (Å²) in [6.45, 7) is 15.5. The van der Waals surface area contributed by atoms with Crippen molar-refractivity contribution in [3.8, 4) is 5.75 Å². The molecule has 0 aliphatic heterocycles. The van der Waals surface area contributed by atoms with Crippen molar-refractivity contribution in [3.05, 3.63) is 29.8 Å². The fourth-order valence-electron chi connectivity index (χ4n) is 2.46. The third kappa shape index (κ3) is 5.67. The molecular weight excluding hydrogens is 232 g/mol. The highest BCUT2D eigenvalue weighted by molar-refractivity contribution is 5.31. The molecule has 0 saturated carbocycles. The minimum atomic E-state index is -0.135. The van der Waals surface area contributed by atoms with E-state index in [9.17, 15) is 0 Å². The van der Waals surface area contributed by atoms with E-state index in [2.05, 4.69) is 72.7 Å². The summed E-state index contributed by atoms with van der Waals surface area (Å²) in [5.74, 6) is 2.98. The van der Waals surface area contributed by atoms with Crippen LogP contribution in [0.25, 0.3) is 0 Å². The summed E-state index contributed by atoms with van der Waals surface area (Å²) in [6.07, 6.45) is 1.23. The third-order valence-electron chi connectivity index (χ3n) is 3.24. The fraction of sp³-hybridized carbons (Fsp3) is 0.667. The van der Waals surface area contributed by atoms with E-state index in [0.717, 1.165) is 11.7 Å². The van der Waals surface area contributed by atoms with Crippen molar-refractivity contribution in [1.29, 1.82) is 0 Å². The van der Waals surface area contributed by atoms with E-state index in [0.29, 0.717) is 11.8 Å². The lowest BCUT2D eigenvalue weighted by atomic mass is 9.82. The molecule has 1 rings (SSSR count). The zero-order valence-corrected chi connectivity index (χ0v) is 13.7. The molecule has 0 aromatic heterocycles. The van der Waals surface area contributed by atoms with Crippen molar-refractivity contribution in [1.82, 2.24) is 0 Å². The zero-order chi connectivity index (χ0) is 14.6. The quantitative estimate of drug-likeness (QED) is 0.666. The van der Waals surface area contributed by atoms with Gasteiger partial charge in [-0.25, -0.2) is 0 Å². The van der Waals surface area contributed by atoms with Crippen molar-refractivity contribution in [3.63, 3.8) is 0 Å². The Balaban J connectivity index is 2.95. The summed E-state index contributed by atoms with van der Waals surface area (Å²) in [5.41, 5.74) is 1.27. The molecule has 1 atom stereocenters. The van der Waals surface area contributed by atoms with Gasteiger partial charge >= 0.3 is 0 Å². The van der Waals surface area contributed by atoms with Gasteiger partial charge in [-0.3, -0.25) is 0 Å². The first kappa shape index (κ1) is 16.1. The Morgan fingerprint density at radius 2 is 1.68 bits per heavy atom. The average molecular weight is 262 g/mol. The molecule has 1 aromatic carbocycles. The highest BCUT2D eigenvalue weighted by Crippen LogP contribution is 2.33. The minimum absolute atomic E-state index is 0.135. The molecule has 19 heavy (non-hydrogen) atoms. The largest absolute Gasteiger partial charge is 0.488 e. The second-order valence-corrected chi connectivity index (χ2v) is 7.27. The van der Waals surface area contributed by atoms with Crippen LogP contribution in [-0.2, 0) is 0 Å². The normalized spacial score (nSPS) is 13.9. The molecule has 1 aromatic rings. The Hall–Kier alpha value is -0.980. The standard InChI is InChI=1S/C18H30O/c1-13(2)11-17(14(3)4)15-9-8-10-16(12-15)19-18(5,6)7/h8-10,12-14,17H,11H2,1-7H3. The van der Waals surface area contributed by atoms with Crippen LogP contribution >= 0.6 is 0 Å². The molecule has 0 saturated heterocycles. The first-order chi connectivity index (χ1) is 8.69. The Morgan fingerprint density at radius 1 is 1.05 bits per heavy atom. The van der Waals surface area contributed by atoms with Crippen LogP contribution in [-0.4, -0.2) is 5.60 Å². The summed E-state index contributed by atoms with van der Waals surface area (Å²) in [7, 11) is 0. The van der Waals surface area contributed by atoms with Crippen molar-refractivity contribution in [2.75, 3.05) is 0 Å². The van der Waals surface area contributed by atoms with Crippen LogP contribution < -0.4 is 4.74 Å². The third-order valence-corrected chi connectivity index (χ3v) is 3.24. The minimum Gasteiger partial charge on any atom is -0.488 e. The van der Waals surface area contributed by atoms with Gasteiger partial charge in [0.25, 0.3) is 0 Å². The lowest BCUT2D eigenvalue weighted by Gasteiger charge is -2.26. The smallest absolute Gasteiger partial charge is 0.120 e. The molecule has 1 nitrogen and oxygen atoms in total. The summed E-state index contributed by atoms with van der Waals surface area (Å²) in [4.78, 5) is 0. The highest BCUT2D eigenvalue weighted by atomic mass is 16.5. The molecule has 0 N–H and O–H groups in total. The monoisotopic (exact) mass is 262 g/mol. The van der Waals surface area contributed by atoms with E-state index in [1.165, 1.54) is 12.0 Å². The Morgan fingerprint density at radius 3 is 2.16 bits per heavy atom. The molecule has 0 aliphatic rings. The van der Waals surface area contributed by atoms with Gasteiger partial charge in [-0.2, -0.15) is 0 Å². The maximum atomic E-state index is 5.98. The lowest BCUT2D eigenvalue weighted by molar-refractivity contribution is 0.130. The summed E-state index contributed by atoms with van der Waals surface area (Å²) in [5, 5.41) is 0. The van der Waals surface area contributed by atoms with Gasteiger partial charge in [-0.05, 0) is 62.6 Å². The predicted octanol–water partition coefficient (Wildman–Crippen LogP) is 5.65. The van der Waals surface area contributed by atoms with Crippen LogP contribution in [0.1, 0.15) is 66.4 Å². The van der Waals surface area contributed by atoms with E-state index >= 15 is 0 Å². The molecule has 0 amide bonds. The zero-order valence-electron chi connectivity index (χ0n) is 13.7. The number of benzene rings is 1. The highest BCUT2D eigenvalue weighted by Gasteiger charge is 2.19. The van der Waals surface area contributed by atoms with Crippen LogP contribution in [0, 0.1) is 11.8 Å². The molecular formula is C18H30O. The number of ether oxygens (including phenoxy) is 1. The topological polar surface area (TPSA) is 9.23 Å². The van der Waals surface area contributed by atoms with Crippen LogP contribution in [0.5, 0.6) is 5.75 Å². The first-order valence-electron chi connectivity index (χ1n) is 7.48. The maximum absolute atomic E-state index is 5.98. The Labute approximate surface area is 119 Å². The molecule has 1 unspecified atom stereocenters. The number of hydrogen-bond donors (Lipinski definition) is 0. The van der Waals surface area contributed by atoms with Crippen LogP contribution in [0.15, 0.2) is 24.3 Å². The van der Waals surface area contributed by atoms with Crippen LogP contribution in [0.3, 0.4) is 0 Å².